The fraction of sp³-hybridized carbons (Fsp3) is 0.882. The summed E-state index contributed by atoms with van der Waals surface area (Å²) in [5, 5.41) is 2.95. The quantitative estimate of drug-likeness (QED) is 0.575. The Hall–Kier alpha value is -1.30. The monoisotopic (exact) mass is 328 g/mol. The van der Waals surface area contributed by atoms with E-state index in [0.29, 0.717) is 6.42 Å². The van der Waals surface area contributed by atoms with Crippen LogP contribution in [0.3, 0.4) is 0 Å². The largest absolute Gasteiger partial charge is 0.469 e. The number of rotatable bonds is 7. The summed E-state index contributed by atoms with van der Waals surface area (Å²) in [7, 11) is 1.43. The fourth-order valence-corrected chi connectivity index (χ4v) is 2.66. The minimum Gasteiger partial charge on any atom is -0.469 e. The summed E-state index contributed by atoms with van der Waals surface area (Å²) >= 11 is 0. The standard InChI is InChI=1S/C17H32N2O4/c1-17(2,3)23-16(21)18-14-9-12-19(13-10-14)11-7-5-6-8-15(20)22-4/h14H,5-13H2,1-4H3,(H,18,21). The molecule has 0 radical (unpaired) electrons. The Balaban J connectivity index is 2.09. The molecule has 0 aromatic carbocycles. The third-order valence-electron chi connectivity index (χ3n) is 3.89. The number of alkyl carbamates (subject to hydrolysis) is 1. The van der Waals surface area contributed by atoms with Crippen LogP contribution in [0, 0.1) is 0 Å². The summed E-state index contributed by atoms with van der Waals surface area (Å²) in [6.07, 6.45) is 5.15. The smallest absolute Gasteiger partial charge is 0.407 e. The van der Waals surface area contributed by atoms with Crippen molar-refractivity contribution < 1.29 is 19.1 Å². The normalized spacial score (nSPS) is 16.9. The molecule has 0 spiro atoms. The molecule has 1 aliphatic heterocycles. The molecule has 1 saturated heterocycles. The zero-order valence-electron chi connectivity index (χ0n) is 15.0. The number of likely N-dealkylation sites (tertiary alicyclic amines) is 1. The number of piperidine rings is 1. The van der Waals surface area contributed by atoms with E-state index in [4.69, 9.17) is 4.74 Å². The average Bonchev–Trinajstić information content (AvgIpc) is 2.46. The third-order valence-corrected chi connectivity index (χ3v) is 3.89. The molecule has 0 atom stereocenters. The van der Waals surface area contributed by atoms with Crippen molar-refractivity contribution in [2.75, 3.05) is 26.7 Å². The van der Waals surface area contributed by atoms with E-state index in [1.807, 2.05) is 20.8 Å². The number of ether oxygens (including phenoxy) is 2. The van der Waals surface area contributed by atoms with Gasteiger partial charge in [-0.2, -0.15) is 0 Å². The van der Waals surface area contributed by atoms with E-state index >= 15 is 0 Å². The molecule has 6 heteroatoms. The number of unbranched alkanes of at least 4 members (excludes halogenated alkanes) is 2. The molecule has 1 N–H and O–H groups in total. The van der Waals surface area contributed by atoms with Crippen LogP contribution >= 0.6 is 0 Å². The Morgan fingerprint density at radius 1 is 1.13 bits per heavy atom. The van der Waals surface area contributed by atoms with Gasteiger partial charge in [0.2, 0.25) is 0 Å². The van der Waals surface area contributed by atoms with Gasteiger partial charge in [0, 0.05) is 25.6 Å². The van der Waals surface area contributed by atoms with E-state index in [9.17, 15) is 9.59 Å². The maximum atomic E-state index is 11.7. The molecule has 0 aromatic heterocycles. The maximum Gasteiger partial charge on any atom is 0.407 e. The lowest BCUT2D eigenvalue weighted by molar-refractivity contribution is -0.140. The van der Waals surface area contributed by atoms with Gasteiger partial charge in [-0.25, -0.2) is 4.79 Å². The minimum atomic E-state index is -0.449. The number of esters is 1. The molecular formula is C17H32N2O4. The Bertz CT molecular complexity index is 371. The molecule has 1 aliphatic rings. The lowest BCUT2D eigenvalue weighted by Crippen LogP contribution is -2.46. The molecule has 1 rings (SSSR count). The molecule has 0 aromatic rings. The summed E-state index contributed by atoms with van der Waals surface area (Å²) in [4.78, 5) is 25.2. The Labute approximate surface area is 139 Å². The van der Waals surface area contributed by atoms with E-state index in [1.165, 1.54) is 7.11 Å². The molecule has 0 unspecified atom stereocenters. The Morgan fingerprint density at radius 2 is 1.78 bits per heavy atom. The molecule has 1 fully saturated rings. The van der Waals surface area contributed by atoms with E-state index in [-0.39, 0.29) is 18.1 Å². The predicted molar refractivity (Wildman–Crippen MR) is 89.3 cm³/mol. The van der Waals surface area contributed by atoms with E-state index in [1.54, 1.807) is 0 Å². The number of carbonyl (C=O) groups excluding carboxylic acids is 2. The van der Waals surface area contributed by atoms with Crippen LogP contribution in [0.4, 0.5) is 4.79 Å². The second-order valence-corrected chi connectivity index (χ2v) is 7.15. The van der Waals surface area contributed by atoms with Crippen LogP contribution in [0.25, 0.3) is 0 Å². The number of methoxy groups -OCH3 is 1. The van der Waals surface area contributed by atoms with Crippen LogP contribution in [0.5, 0.6) is 0 Å². The van der Waals surface area contributed by atoms with Gasteiger partial charge in [0.1, 0.15) is 5.60 Å². The van der Waals surface area contributed by atoms with Gasteiger partial charge in [0.05, 0.1) is 7.11 Å². The number of hydrogen-bond donors (Lipinski definition) is 1. The van der Waals surface area contributed by atoms with Crippen molar-refractivity contribution in [1.29, 1.82) is 0 Å². The summed E-state index contributed by atoms with van der Waals surface area (Å²) in [5.41, 5.74) is -0.449. The van der Waals surface area contributed by atoms with Crippen molar-refractivity contribution in [3.05, 3.63) is 0 Å². The zero-order chi connectivity index (χ0) is 17.3. The van der Waals surface area contributed by atoms with Crippen LogP contribution in [0.1, 0.15) is 59.3 Å². The zero-order valence-corrected chi connectivity index (χ0v) is 15.0. The highest BCUT2D eigenvalue weighted by Crippen LogP contribution is 2.13. The van der Waals surface area contributed by atoms with Gasteiger partial charge in [0.15, 0.2) is 0 Å². The van der Waals surface area contributed by atoms with Crippen molar-refractivity contribution in [2.24, 2.45) is 0 Å². The van der Waals surface area contributed by atoms with Crippen LogP contribution in [0.15, 0.2) is 0 Å². The second kappa shape index (κ2) is 9.75. The first-order chi connectivity index (χ1) is 10.8. The van der Waals surface area contributed by atoms with Gasteiger partial charge in [-0.1, -0.05) is 6.42 Å². The first kappa shape index (κ1) is 19.7. The number of carbonyl (C=O) groups is 2. The van der Waals surface area contributed by atoms with Crippen molar-refractivity contribution >= 4 is 12.1 Å². The maximum absolute atomic E-state index is 11.7. The average molecular weight is 328 g/mol. The Morgan fingerprint density at radius 3 is 2.35 bits per heavy atom. The number of hydrogen-bond acceptors (Lipinski definition) is 5. The first-order valence-corrected chi connectivity index (χ1v) is 8.59. The molecule has 0 bridgehead atoms. The van der Waals surface area contributed by atoms with Crippen LogP contribution in [-0.2, 0) is 14.3 Å². The number of nitrogens with zero attached hydrogens (tertiary/aromatic N) is 1. The second-order valence-electron chi connectivity index (χ2n) is 7.15. The summed E-state index contributed by atoms with van der Waals surface area (Å²) in [6, 6.07) is 0.209. The first-order valence-electron chi connectivity index (χ1n) is 8.59. The minimum absolute atomic E-state index is 0.126. The van der Waals surface area contributed by atoms with Gasteiger partial charge >= 0.3 is 12.1 Å². The molecular weight excluding hydrogens is 296 g/mol. The van der Waals surface area contributed by atoms with Crippen molar-refractivity contribution in [3.8, 4) is 0 Å². The van der Waals surface area contributed by atoms with E-state index < -0.39 is 5.60 Å². The predicted octanol–water partition coefficient (Wildman–Crippen LogP) is 2.71. The van der Waals surface area contributed by atoms with Gasteiger partial charge < -0.3 is 19.7 Å². The Kier molecular flexibility index (Phi) is 8.37. The molecule has 1 heterocycles. The van der Waals surface area contributed by atoms with Crippen LogP contribution in [-0.4, -0.2) is 55.3 Å². The highest BCUT2D eigenvalue weighted by atomic mass is 16.6. The van der Waals surface area contributed by atoms with Gasteiger partial charge in [-0.3, -0.25) is 4.79 Å². The van der Waals surface area contributed by atoms with Crippen LogP contribution < -0.4 is 5.32 Å². The van der Waals surface area contributed by atoms with Gasteiger partial charge in [0.25, 0.3) is 0 Å². The summed E-state index contributed by atoms with van der Waals surface area (Å²) < 4.78 is 9.91. The SMILES string of the molecule is COC(=O)CCCCCN1CCC(NC(=O)OC(C)(C)C)CC1. The van der Waals surface area contributed by atoms with Crippen molar-refractivity contribution in [2.45, 2.75) is 70.9 Å². The van der Waals surface area contributed by atoms with Gasteiger partial charge in [-0.15, -0.1) is 0 Å². The third kappa shape index (κ3) is 9.43. The molecule has 23 heavy (non-hydrogen) atoms. The summed E-state index contributed by atoms with van der Waals surface area (Å²) in [6.45, 7) is 8.66. The van der Waals surface area contributed by atoms with Crippen molar-refractivity contribution in [3.63, 3.8) is 0 Å². The number of nitrogens with one attached hydrogen (secondary N) is 1. The van der Waals surface area contributed by atoms with Crippen LogP contribution in [0.2, 0.25) is 0 Å². The fourth-order valence-electron chi connectivity index (χ4n) is 2.66. The molecule has 0 saturated carbocycles. The molecule has 134 valence electrons. The number of amides is 1. The lowest BCUT2D eigenvalue weighted by Gasteiger charge is -2.32. The molecule has 6 nitrogen and oxygen atoms in total. The van der Waals surface area contributed by atoms with Gasteiger partial charge in [-0.05, 0) is 53.0 Å². The summed E-state index contributed by atoms with van der Waals surface area (Å²) in [5.74, 6) is -0.126. The van der Waals surface area contributed by atoms with E-state index in [2.05, 4.69) is 15.0 Å². The highest BCUT2D eigenvalue weighted by molar-refractivity contribution is 5.69. The molecule has 1 amide bonds. The topological polar surface area (TPSA) is 67.9 Å². The van der Waals surface area contributed by atoms with E-state index in [0.717, 1.165) is 51.7 Å². The highest BCUT2D eigenvalue weighted by Gasteiger charge is 2.23. The molecule has 0 aliphatic carbocycles. The van der Waals surface area contributed by atoms with Crippen molar-refractivity contribution in [1.82, 2.24) is 10.2 Å². The lowest BCUT2D eigenvalue weighted by atomic mass is 10.0.